The van der Waals surface area contributed by atoms with Crippen molar-refractivity contribution in [3.05, 3.63) is 101 Å². The van der Waals surface area contributed by atoms with Gasteiger partial charge in [0.05, 0.1) is 18.3 Å². The lowest BCUT2D eigenvalue weighted by atomic mass is 10.00. The Hall–Kier alpha value is -3.29. The Labute approximate surface area is 203 Å². The van der Waals surface area contributed by atoms with Gasteiger partial charge in [-0.1, -0.05) is 24.3 Å². The summed E-state index contributed by atoms with van der Waals surface area (Å²) in [5, 5.41) is 8.95. The first kappa shape index (κ1) is 24.8. The molecule has 1 aliphatic rings. The summed E-state index contributed by atoms with van der Waals surface area (Å²) < 4.78 is 39.1. The van der Waals surface area contributed by atoms with Crippen LogP contribution in [0, 0.1) is 11.6 Å². The lowest BCUT2D eigenvalue weighted by Gasteiger charge is -2.34. The van der Waals surface area contributed by atoms with Gasteiger partial charge in [-0.25, -0.2) is 13.6 Å². The molecule has 0 amide bonds. The van der Waals surface area contributed by atoms with Crippen LogP contribution >= 0.6 is 0 Å². The standard InChI is InChI=1S/C28H29F2NO4/c29-23-8-2-20(3-9-23)27(21-4-10-24(30)11-5-21)35-26-14-17-31(18-15-26)16-1-19-34-25-12-6-22(7-13-25)28(32)33/h2-13,26-27H,1,14-19H2,(H,32,33). The van der Waals surface area contributed by atoms with Gasteiger partial charge in [0.15, 0.2) is 0 Å². The zero-order valence-electron chi connectivity index (χ0n) is 19.4. The second-order valence-corrected chi connectivity index (χ2v) is 8.69. The van der Waals surface area contributed by atoms with Crippen molar-refractivity contribution < 1.29 is 28.2 Å². The molecule has 0 aliphatic carbocycles. The highest BCUT2D eigenvalue weighted by Gasteiger charge is 2.25. The second kappa shape index (κ2) is 11.9. The number of ether oxygens (including phenoxy) is 2. The molecule has 1 saturated heterocycles. The largest absolute Gasteiger partial charge is 0.494 e. The van der Waals surface area contributed by atoms with Gasteiger partial charge in [-0.05, 0) is 78.9 Å². The van der Waals surface area contributed by atoms with Gasteiger partial charge in [0.1, 0.15) is 23.5 Å². The molecule has 35 heavy (non-hydrogen) atoms. The molecule has 4 rings (SSSR count). The summed E-state index contributed by atoms with van der Waals surface area (Å²) in [6, 6.07) is 18.9. The fourth-order valence-electron chi connectivity index (χ4n) is 4.26. The minimum absolute atomic E-state index is 0.0513. The highest BCUT2D eigenvalue weighted by atomic mass is 19.1. The fourth-order valence-corrected chi connectivity index (χ4v) is 4.26. The van der Waals surface area contributed by atoms with E-state index in [4.69, 9.17) is 14.6 Å². The lowest BCUT2D eigenvalue weighted by molar-refractivity contribution is -0.0273. The van der Waals surface area contributed by atoms with Crippen LogP contribution in [-0.4, -0.2) is 48.3 Å². The van der Waals surface area contributed by atoms with Crippen LogP contribution in [0.5, 0.6) is 5.75 Å². The van der Waals surface area contributed by atoms with Crippen LogP contribution in [0.1, 0.15) is 46.9 Å². The third-order valence-corrected chi connectivity index (χ3v) is 6.20. The third kappa shape index (κ3) is 7.10. The van der Waals surface area contributed by atoms with E-state index < -0.39 is 5.97 Å². The van der Waals surface area contributed by atoms with E-state index in [0.717, 1.165) is 50.0 Å². The maximum Gasteiger partial charge on any atom is 0.335 e. The van der Waals surface area contributed by atoms with E-state index in [1.807, 2.05) is 0 Å². The number of carbonyl (C=O) groups is 1. The molecule has 1 fully saturated rings. The van der Waals surface area contributed by atoms with Crippen LogP contribution in [0.2, 0.25) is 0 Å². The Morgan fingerprint density at radius 3 is 1.94 bits per heavy atom. The number of benzene rings is 3. The normalized spacial score (nSPS) is 14.8. The van der Waals surface area contributed by atoms with Crippen LogP contribution in [0.3, 0.4) is 0 Å². The zero-order chi connectivity index (χ0) is 24.6. The summed E-state index contributed by atoms with van der Waals surface area (Å²) in [5.41, 5.74) is 1.92. The lowest BCUT2D eigenvalue weighted by Crippen LogP contribution is -2.38. The second-order valence-electron chi connectivity index (χ2n) is 8.69. The van der Waals surface area contributed by atoms with Crippen LogP contribution < -0.4 is 4.74 Å². The molecule has 1 aliphatic heterocycles. The molecule has 5 nitrogen and oxygen atoms in total. The molecule has 3 aromatic carbocycles. The van der Waals surface area contributed by atoms with Crippen LogP contribution in [0.15, 0.2) is 72.8 Å². The highest BCUT2D eigenvalue weighted by Crippen LogP contribution is 2.30. The van der Waals surface area contributed by atoms with Crippen molar-refractivity contribution in [1.82, 2.24) is 4.90 Å². The number of hydrogen-bond donors (Lipinski definition) is 1. The molecule has 0 saturated carbocycles. The van der Waals surface area contributed by atoms with Gasteiger partial charge < -0.3 is 19.5 Å². The Morgan fingerprint density at radius 1 is 0.886 bits per heavy atom. The average Bonchev–Trinajstić information content (AvgIpc) is 2.87. The molecule has 1 N–H and O–H groups in total. The van der Waals surface area contributed by atoms with Crippen LogP contribution in [0.4, 0.5) is 8.78 Å². The van der Waals surface area contributed by atoms with E-state index in [2.05, 4.69) is 4.90 Å². The molecule has 0 bridgehead atoms. The van der Waals surface area contributed by atoms with Crippen molar-refractivity contribution in [3.63, 3.8) is 0 Å². The molecule has 0 radical (unpaired) electrons. The van der Waals surface area contributed by atoms with Gasteiger partial charge in [-0.15, -0.1) is 0 Å². The van der Waals surface area contributed by atoms with Crippen molar-refractivity contribution >= 4 is 5.97 Å². The van der Waals surface area contributed by atoms with Gasteiger partial charge in [-0.3, -0.25) is 0 Å². The van der Waals surface area contributed by atoms with E-state index in [1.54, 1.807) is 36.4 Å². The summed E-state index contributed by atoms with van der Waals surface area (Å²) in [7, 11) is 0. The van der Waals surface area contributed by atoms with E-state index in [-0.39, 0.29) is 29.4 Å². The number of aromatic carboxylic acids is 1. The summed E-state index contributed by atoms with van der Waals surface area (Å²) >= 11 is 0. The molecule has 0 atom stereocenters. The van der Waals surface area contributed by atoms with Gasteiger partial charge in [-0.2, -0.15) is 0 Å². The van der Waals surface area contributed by atoms with Crippen molar-refractivity contribution in [1.29, 1.82) is 0 Å². The van der Waals surface area contributed by atoms with Gasteiger partial charge in [0.2, 0.25) is 0 Å². The Balaban J connectivity index is 1.25. The summed E-state index contributed by atoms with van der Waals surface area (Å²) in [4.78, 5) is 13.3. The molecule has 7 heteroatoms. The number of piperidine rings is 1. The fraction of sp³-hybridized carbons (Fsp3) is 0.321. The van der Waals surface area contributed by atoms with E-state index in [9.17, 15) is 13.6 Å². The number of likely N-dealkylation sites (tertiary alicyclic amines) is 1. The van der Waals surface area contributed by atoms with E-state index in [1.165, 1.54) is 36.4 Å². The monoisotopic (exact) mass is 481 g/mol. The third-order valence-electron chi connectivity index (χ3n) is 6.20. The maximum absolute atomic E-state index is 13.4. The van der Waals surface area contributed by atoms with Crippen LogP contribution in [-0.2, 0) is 4.74 Å². The van der Waals surface area contributed by atoms with Crippen molar-refractivity contribution in [3.8, 4) is 5.75 Å². The van der Waals surface area contributed by atoms with E-state index >= 15 is 0 Å². The maximum atomic E-state index is 13.4. The number of carboxylic acid groups (broad SMARTS) is 1. The van der Waals surface area contributed by atoms with Gasteiger partial charge in [0.25, 0.3) is 0 Å². The van der Waals surface area contributed by atoms with Crippen molar-refractivity contribution in [2.75, 3.05) is 26.2 Å². The first-order chi connectivity index (χ1) is 17.0. The summed E-state index contributed by atoms with van der Waals surface area (Å²) in [5.74, 6) is -0.900. The highest BCUT2D eigenvalue weighted by molar-refractivity contribution is 5.87. The Bertz CT molecular complexity index is 1030. The molecule has 0 aromatic heterocycles. The molecule has 1 heterocycles. The average molecular weight is 482 g/mol. The number of halogens is 2. The molecular weight excluding hydrogens is 452 g/mol. The first-order valence-corrected chi connectivity index (χ1v) is 11.8. The summed E-state index contributed by atoms with van der Waals surface area (Å²) in [6.45, 7) is 3.26. The Kier molecular flexibility index (Phi) is 8.45. The topological polar surface area (TPSA) is 59.0 Å². The molecule has 0 spiro atoms. The predicted molar refractivity (Wildman–Crippen MR) is 129 cm³/mol. The van der Waals surface area contributed by atoms with Crippen molar-refractivity contribution in [2.45, 2.75) is 31.5 Å². The van der Waals surface area contributed by atoms with Crippen LogP contribution in [0.25, 0.3) is 0 Å². The smallest absolute Gasteiger partial charge is 0.335 e. The van der Waals surface area contributed by atoms with Gasteiger partial charge >= 0.3 is 5.97 Å². The number of rotatable bonds is 10. The SMILES string of the molecule is O=C(O)c1ccc(OCCCN2CCC(OC(c3ccc(F)cc3)c3ccc(F)cc3)CC2)cc1. The molecule has 3 aromatic rings. The van der Waals surface area contributed by atoms with E-state index in [0.29, 0.717) is 12.4 Å². The quantitative estimate of drug-likeness (QED) is 0.376. The zero-order valence-corrected chi connectivity index (χ0v) is 19.4. The minimum atomic E-state index is -0.953. The first-order valence-electron chi connectivity index (χ1n) is 11.8. The number of hydrogen-bond acceptors (Lipinski definition) is 4. The minimum Gasteiger partial charge on any atom is -0.494 e. The Morgan fingerprint density at radius 2 is 1.43 bits per heavy atom. The molecule has 184 valence electrons. The number of carboxylic acids is 1. The van der Waals surface area contributed by atoms with Crippen molar-refractivity contribution in [2.24, 2.45) is 0 Å². The van der Waals surface area contributed by atoms with Gasteiger partial charge in [0, 0.05) is 19.6 Å². The molecule has 0 unspecified atom stereocenters. The predicted octanol–water partition coefficient (Wildman–Crippen LogP) is 5.70. The molecular formula is C28H29F2NO4. The number of nitrogens with zero attached hydrogens (tertiary/aromatic N) is 1. The summed E-state index contributed by atoms with van der Waals surface area (Å²) in [6.07, 6.45) is 2.27.